The second-order valence-electron chi connectivity index (χ2n) is 10.2. The van der Waals surface area contributed by atoms with E-state index in [1.165, 1.54) is 6.07 Å². The van der Waals surface area contributed by atoms with E-state index in [0.717, 1.165) is 11.1 Å². The van der Waals surface area contributed by atoms with Crippen LogP contribution in [-0.2, 0) is 14.8 Å². The quantitative estimate of drug-likeness (QED) is 0.500. The molecule has 3 fully saturated rings. The zero-order valence-electron chi connectivity index (χ0n) is 20.9. The molecule has 9 heteroatoms. The van der Waals surface area contributed by atoms with Crippen LogP contribution in [0.4, 0.5) is 10.1 Å². The summed E-state index contributed by atoms with van der Waals surface area (Å²) in [7, 11) is -3.60. The summed E-state index contributed by atoms with van der Waals surface area (Å²) in [6.45, 7) is 3.72. The number of anilines is 1. The van der Waals surface area contributed by atoms with Crippen LogP contribution in [0, 0.1) is 23.6 Å². The lowest BCUT2D eigenvalue weighted by molar-refractivity contribution is 0.0949. The van der Waals surface area contributed by atoms with E-state index in [0.29, 0.717) is 56.5 Å². The molecule has 38 heavy (non-hydrogen) atoms. The van der Waals surface area contributed by atoms with Gasteiger partial charge in [-0.25, -0.2) is 12.8 Å². The maximum absolute atomic E-state index is 14.7. The van der Waals surface area contributed by atoms with Gasteiger partial charge >= 0.3 is 0 Å². The number of halogens is 1. The number of hydrogen-bond acceptors (Lipinski definition) is 5. The lowest BCUT2D eigenvalue weighted by Gasteiger charge is -2.29. The van der Waals surface area contributed by atoms with Gasteiger partial charge in [-0.15, -0.1) is 0 Å². The van der Waals surface area contributed by atoms with E-state index < -0.39 is 15.8 Å². The fraction of sp³-hybridized carbons (Fsp3) is 0.345. The molecule has 0 spiro atoms. The SMILES string of the molecule is O=C(NCC1C2CN(S(=O)(=O)c3cccc(-c4ccccc4)c3)CC12)c1ccc(N2CCOCC2)c(F)c1. The van der Waals surface area contributed by atoms with Crippen LogP contribution in [0.25, 0.3) is 11.1 Å². The number of carbonyl (C=O) groups excluding carboxylic acids is 1. The number of fused-ring (bicyclic) bond motifs is 1. The molecule has 7 nitrogen and oxygen atoms in total. The van der Waals surface area contributed by atoms with Crippen molar-refractivity contribution in [3.63, 3.8) is 0 Å². The fourth-order valence-electron chi connectivity index (χ4n) is 5.75. The number of piperidine rings is 1. The summed E-state index contributed by atoms with van der Waals surface area (Å²) in [5.41, 5.74) is 2.61. The van der Waals surface area contributed by atoms with Crippen molar-refractivity contribution in [2.45, 2.75) is 4.90 Å². The highest BCUT2D eigenvalue weighted by molar-refractivity contribution is 7.89. The van der Waals surface area contributed by atoms with Crippen LogP contribution in [0.2, 0.25) is 0 Å². The minimum absolute atomic E-state index is 0.225. The Morgan fingerprint density at radius 2 is 1.63 bits per heavy atom. The number of rotatable bonds is 7. The lowest BCUT2D eigenvalue weighted by atomic mass is 10.1. The Hall–Kier alpha value is -3.27. The van der Waals surface area contributed by atoms with E-state index in [2.05, 4.69) is 5.32 Å². The highest BCUT2D eigenvalue weighted by Crippen LogP contribution is 2.52. The summed E-state index contributed by atoms with van der Waals surface area (Å²) in [5, 5.41) is 2.92. The Labute approximate surface area is 222 Å². The van der Waals surface area contributed by atoms with Crippen molar-refractivity contribution in [3.8, 4) is 11.1 Å². The zero-order valence-corrected chi connectivity index (χ0v) is 21.7. The molecule has 2 heterocycles. The summed E-state index contributed by atoms with van der Waals surface area (Å²) < 4.78 is 48.2. The molecule has 1 N–H and O–H groups in total. The van der Waals surface area contributed by atoms with Crippen molar-refractivity contribution in [2.24, 2.45) is 17.8 Å². The largest absolute Gasteiger partial charge is 0.378 e. The van der Waals surface area contributed by atoms with E-state index in [4.69, 9.17) is 4.74 Å². The van der Waals surface area contributed by atoms with Crippen LogP contribution in [0.1, 0.15) is 10.4 Å². The number of amides is 1. The van der Waals surface area contributed by atoms with Gasteiger partial charge in [0.15, 0.2) is 0 Å². The predicted octanol–water partition coefficient (Wildman–Crippen LogP) is 3.63. The smallest absolute Gasteiger partial charge is 0.251 e. The van der Waals surface area contributed by atoms with E-state index in [1.54, 1.807) is 34.6 Å². The van der Waals surface area contributed by atoms with E-state index in [1.807, 2.05) is 41.3 Å². The Bertz CT molecular complexity index is 1430. The summed E-state index contributed by atoms with van der Waals surface area (Å²) in [5.74, 6) is -0.0474. The number of morpholine rings is 1. The third kappa shape index (κ3) is 4.81. The van der Waals surface area contributed by atoms with Crippen molar-refractivity contribution in [2.75, 3.05) is 50.8 Å². The summed E-state index contributed by atoms with van der Waals surface area (Å²) in [6.07, 6.45) is 0. The fourth-order valence-corrected chi connectivity index (χ4v) is 7.31. The summed E-state index contributed by atoms with van der Waals surface area (Å²) in [6, 6.07) is 21.4. The topological polar surface area (TPSA) is 79.0 Å². The van der Waals surface area contributed by atoms with E-state index >= 15 is 0 Å². The molecular formula is C29H30FN3O4S. The highest BCUT2D eigenvalue weighted by atomic mass is 32.2. The first kappa shape index (κ1) is 25.0. The Kier molecular flexibility index (Phi) is 6.67. The molecule has 198 valence electrons. The Morgan fingerprint density at radius 3 is 2.34 bits per heavy atom. The van der Waals surface area contributed by atoms with Crippen LogP contribution >= 0.6 is 0 Å². The Balaban J connectivity index is 1.04. The van der Waals surface area contributed by atoms with Gasteiger partial charge in [0.2, 0.25) is 10.0 Å². The average Bonchev–Trinajstić information content (AvgIpc) is 3.39. The first-order chi connectivity index (χ1) is 18.4. The molecule has 0 bridgehead atoms. The second-order valence-corrected chi connectivity index (χ2v) is 12.1. The molecule has 2 unspecified atom stereocenters. The number of sulfonamides is 1. The molecule has 1 aliphatic carbocycles. The Morgan fingerprint density at radius 1 is 0.921 bits per heavy atom. The van der Waals surface area contributed by atoms with Crippen LogP contribution in [0.5, 0.6) is 0 Å². The molecule has 1 amide bonds. The van der Waals surface area contributed by atoms with Crippen LogP contribution in [0.15, 0.2) is 77.7 Å². The van der Waals surface area contributed by atoms with Gasteiger partial charge < -0.3 is 15.0 Å². The number of ether oxygens (including phenoxy) is 1. The van der Waals surface area contributed by atoms with Crippen LogP contribution < -0.4 is 10.2 Å². The van der Waals surface area contributed by atoms with Crippen LogP contribution in [0.3, 0.4) is 0 Å². The van der Waals surface area contributed by atoms with Gasteiger partial charge in [0.05, 0.1) is 23.8 Å². The minimum atomic E-state index is -3.60. The lowest BCUT2D eigenvalue weighted by Crippen LogP contribution is -2.37. The van der Waals surface area contributed by atoms with Crippen molar-refractivity contribution in [3.05, 3.63) is 84.2 Å². The van der Waals surface area contributed by atoms with E-state index in [-0.39, 0.29) is 29.2 Å². The first-order valence-electron chi connectivity index (χ1n) is 13.0. The van der Waals surface area contributed by atoms with Crippen molar-refractivity contribution < 1.29 is 22.3 Å². The molecule has 0 aromatic heterocycles. The number of nitrogens with zero attached hydrogens (tertiary/aromatic N) is 2. The predicted molar refractivity (Wildman–Crippen MR) is 143 cm³/mol. The molecule has 3 aromatic carbocycles. The molecule has 2 saturated heterocycles. The number of benzene rings is 3. The standard InChI is InChI=1S/C29H30FN3O4S/c30-27-16-22(9-10-28(27)32-11-13-37-14-12-32)29(34)31-17-24-25-18-33(19-26(24)25)38(35,36)23-8-4-7-21(15-23)20-5-2-1-3-6-20/h1-10,15-16,24-26H,11-14,17-19H2,(H,31,34). The van der Waals surface area contributed by atoms with E-state index in [9.17, 15) is 17.6 Å². The number of nitrogens with one attached hydrogen (secondary N) is 1. The molecule has 1 saturated carbocycles. The van der Waals surface area contributed by atoms with Gasteiger partial charge in [0.25, 0.3) is 5.91 Å². The van der Waals surface area contributed by atoms with Gasteiger partial charge in [-0.1, -0.05) is 42.5 Å². The molecular weight excluding hydrogens is 505 g/mol. The van der Waals surface area contributed by atoms with Gasteiger partial charge in [-0.05, 0) is 59.2 Å². The minimum Gasteiger partial charge on any atom is -0.378 e. The first-order valence-corrected chi connectivity index (χ1v) is 14.4. The normalized spacial score (nSPS) is 23.2. The summed E-state index contributed by atoms with van der Waals surface area (Å²) in [4.78, 5) is 14.9. The molecule has 2 aliphatic heterocycles. The third-order valence-corrected chi connectivity index (χ3v) is 9.80. The molecule has 3 aliphatic rings. The van der Waals surface area contributed by atoms with Gasteiger partial charge in [0, 0.05) is 38.3 Å². The van der Waals surface area contributed by atoms with Crippen LogP contribution in [-0.4, -0.2) is 64.6 Å². The van der Waals surface area contributed by atoms with Crippen molar-refractivity contribution in [1.29, 1.82) is 0 Å². The molecule has 6 rings (SSSR count). The zero-order chi connectivity index (χ0) is 26.3. The van der Waals surface area contributed by atoms with Gasteiger partial charge in [-0.2, -0.15) is 4.31 Å². The maximum atomic E-state index is 14.7. The average molecular weight is 536 g/mol. The van der Waals surface area contributed by atoms with Crippen molar-refractivity contribution >= 4 is 21.6 Å². The number of hydrogen-bond donors (Lipinski definition) is 1. The molecule has 2 atom stereocenters. The maximum Gasteiger partial charge on any atom is 0.251 e. The monoisotopic (exact) mass is 535 g/mol. The van der Waals surface area contributed by atoms with Gasteiger partial charge in [-0.3, -0.25) is 4.79 Å². The third-order valence-electron chi connectivity index (χ3n) is 7.98. The molecule has 3 aromatic rings. The van der Waals surface area contributed by atoms with Crippen molar-refractivity contribution in [1.82, 2.24) is 9.62 Å². The summed E-state index contributed by atoms with van der Waals surface area (Å²) >= 11 is 0. The second kappa shape index (κ2) is 10.1. The van der Waals surface area contributed by atoms with Gasteiger partial charge in [0.1, 0.15) is 5.82 Å². The highest BCUT2D eigenvalue weighted by Gasteiger charge is 2.57. The molecule has 0 radical (unpaired) electrons. The number of carbonyl (C=O) groups is 1.